The molecule has 1 aliphatic carbocycles. The number of esters is 1. The van der Waals surface area contributed by atoms with E-state index in [9.17, 15) is 14.7 Å². The first-order chi connectivity index (χ1) is 16.0. The summed E-state index contributed by atoms with van der Waals surface area (Å²) >= 11 is 0. The number of carboxylic acid groups (broad SMARTS) is 1. The van der Waals surface area contributed by atoms with Crippen molar-refractivity contribution in [3.63, 3.8) is 0 Å². The fourth-order valence-corrected chi connectivity index (χ4v) is 5.68. The van der Waals surface area contributed by atoms with Crippen molar-refractivity contribution in [3.8, 4) is 0 Å². The SMILES string of the molecule is CCCCCCCCCCCCCCCCC12OC1(OC(=O)C13CCCCC1(C(=O)O)O3)O2. The molecule has 0 aromatic heterocycles. The predicted octanol–water partition coefficient (Wildman–Crippen LogP) is 5.98. The van der Waals surface area contributed by atoms with Crippen LogP contribution in [0.1, 0.15) is 129 Å². The van der Waals surface area contributed by atoms with Gasteiger partial charge in [0.05, 0.1) is 0 Å². The highest BCUT2D eigenvalue weighted by atomic mass is 17.2. The predicted molar refractivity (Wildman–Crippen MR) is 121 cm³/mol. The van der Waals surface area contributed by atoms with Gasteiger partial charge in [-0.05, 0) is 32.1 Å². The Hall–Kier alpha value is -1.18. The fraction of sp³-hybridized carbons (Fsp3) is 0.923. The molecule has 2 atom stereocenters. The normalized spacial score (nSPS) is 35.4. The van der Waals surface area contributed by atoms with Gasteiger partial charge in [0, 0.05) is 6.42 Å². The maximum absolute atomic E-state index is 12.7. The molecule has 0 amide bonds. The molecule has 4 aliphatic rings. The Balaban J connectivity index is 1.01. The Kier molecular flexibility index (Phi) is 7.71. The van der Waals surface area contributed by atoms with Crippen LogP contribution in [0.15, 0.2) is 0 Å². The van der Waals surface area contributed by atoms with Gasteiger partial charge in [-0.15, -0.1) is 0 Å². The van der Waals surface area contributed by atoms with Crippen LogP contribution in [0.5, 0.6) is 0 Å². The standard InChI is InChI=1S/C26H42O7/c1-2-3-4-5-6-7-8-9-10-11-12-13-14-15-20-25-26(32-25,33-25)30-22(29)24-19-17-16-18-23(24,31-24)21(27)28/h2-20H2,1H3,(H,27,28). The Morgan fingerprint density at radius 2 is 1.21 bits per heavy atom. The van der Waals surface area contributed by atoms with Crippen LogP contribution in [0.25, 0.3) is 0 Å². The number of hydrogen-bond acceptors (Lipinski definition) is 6. The topological polar surface area (TPSA) is 101 Å². The lowest BCUT2D eigenvalue weighted by atomic mass is 9.79. The van der Waals surface area contributed by atoms with Gasteiger partial charge < -0.3 is 14.6 Å². The summed E-state index contributed by atoms with van der Waals surface area (Å²) in [6.45, 7) is 2.26. The first kappa shape index (κ1) is 24.9. The summed E-state index contributed by atoms with van der Waals surface area (Å²) in [7, 11) is 0. The quantitative estimate of drug-likeness (QED) is 0.151. The maximum atomic E-state index is 12.7. The van der Waals surface area contributed by atoms with Gasteiger partial charge in [0.2, 0.25) is 11.2 Å². The van der Waals surface area contributed by atoms with Gasteiger partial charge in [-0.2, -0.15) is 0 Å². The second kappa shape index (κ2) is 10.2. The highest BCUT2D eigenvalue weighted by Gasteiger charge is 2.96. The number of epoxide rings is 3. The van der Waals surface area contributed by atoms with Crippen LogP contribution in [0, 0.1) is 0 Å². The van der Waals surface area contributed by atoms with E-state index in [1.54, 1.807) is 0 Å². The summed E-state index contributed by atoms with van der Waals surface area (Å²) < 4.78 is 22.1. The number of ether oxygens (including phenoxy) is 4. The minimum atomic E-state index is -1.42. The second-order valence-corrected chi connectivity index (χ2v) is 10.5. The molecule has 3 heterocycles. The summed E-state index contributed by atoms with van der Waals surface area (Å²) in [5, 5.41) is 9.53. The van der Waals surface area contributed by atoms with E-state index >= 15 is 0 Å². The molecule has 4 rings (SSSR count). The van der Waals surface area contributed by atoms with Crippen LogP contribution in [-0.4, -0.2) is 40.0 Å². The number of unbranched alkanes of at least 4 members (excludes halogenated alkanes) is 13. The van der Waals surface area contributed by atoms with Crippen molar-refractivity contribution >= 4 is 11.9 Å². The zero-order valence-corrected chi connectivity index (χ0v) is 20.3. The molecule has 0 aromatic carbocycles. The van der Waals surface area contributed by atoms with E-state index in [1.165, 1.54) is 77.0 Å². The smallest absolute Gasteiger partial charge is 0.392 e. The molecule has 7 nitrogen and oxygen atoms in total. The van der Waals surface area contributed by atoms with Crippen molar-refractivity contribution in [3.05, 3.63) is 0 Å². The molecule has 188 valence electrons. The van der Waals surface area contributed by atoms with Crippen molar-refractivity contribution in [2.75, 3.05) is 0 Å². The fourth-order valence-electron chi connectivity index (χ4n) is 5.68. The number of carbonyl (C=O) groups excluding carboxylic acids is 1. The van der Waals surface area contributed by atoms with Gasteiger partial charge in [0.15, 0.2) is 0 Å². The minimum Gasteiger partial charge on any atom is -0.479 e. The Morgan fingerprint density at radius 1 is 0.727 bits per heavy atom. The Morgan fingerprint density at radius 3 is 1.73 bits per heavy atom. The van der Waals surface area contributed by atoms with Crippen LogP contribution in [0.3, 0.4) is 0 Å². The van der Waals surface area contributed by atoms with Crippen LogP contribution in [0.4, 0.5) is 0 Å². The second-order valence-electron chi connectivity index (χ2n) is 10.5. The molecule has 3 aliphatic heterocycles. The van der Waals surface area contributed by atoms with Crippen molar-refractivity contribution in [1.29, 1.82) is 0 Å². The molecule has 1 saturated carbocycles. The summed E-state index contributed by atoms with van der Waals surface area (Å²) in [6, 6.07) is 0. The maximum Gasteiger partial charge on any atom is 0.392 e. The first-order valence-corrected chi connectivity index (χ1v) is 13.5. The van der Waals surface area contributed by atoms with Crippen molar-refractivity contribution in [1.82, 2.24) is 0 Å². The molecular weight excluding hydrogens is 424 g/mol. The molecule has 0 aromatic rings. The number of fused-ring (bicyclic) bond motifs is 2. The molecule has 1 N–H and O–H groups in total. The highest BCUT2D eigenvalue weighted by Crippen LogP contribution is 2.71. The minimum absolute atomic E-state index is 0.344. The van der Waals surface area contributed by atoms with E-state index < -0.39 is 34.9 Å². The molecular formula is C26H42O7. The van der Waals surface area contributed by atoms with Crippen LogP contribution >= 0.6 is 0 Å². The van der Waals surface area contributed by atoms with Crippen LogP contribution in [-0.2, 0) is 28.5 Å². The van der Waals surface area contributed by atoms with E-state index in [4.69, 9.17) is 18.9 Å². The Labute approximate surface area is 197 Å². The zero-order chi connectivity index (χ0) is 23.4. The summed E-state index contributed by atoms with van der Waals surface area (Å²) in [6.07, 6.45) is 21.2. The molecule has 33 heavy (non-hydrogen) atoms. The Bertz CT molecular complexity index is 701. The van der Waals surface area contributed by atoms with E-state index in [0.717, 1.165) is 25.7 Å². The van der Waals surface area contributed by atoms with E-state index in [0.29, 0.717) is 19.3 Å². The van der Waals surface area contributed by atoms with Crippen molar-refractivity contribution < 1.29 is 33.6 Å². The van der Waals surface area contributed by atoms with E-state index in [-0.39, 0.29) is 0 Å². The molecule has 0 radical (unpaired) electrons. The monoisotopic (exact) mass is 466 g/mol. The largest absolute Gasteiger partial charge is 0.479 e. The van der Waals surface area contributed by atoms with E-state index in [2.05, 4.69) is 6.92 Å². The third-order valence-electron chi connectivity index (χ3n) is 8.01. The molecule has 2 unspecified atom stereocenters. The number of carboxylic acids is 1. The number of aliphatic carboxylic acids is 1. The average Bonchev–Trinajstić information content (AvgIpc) is 3.70. The summed E-state index contributed by atoms with van der Waals surface area (Å²) in [5.74, 6) is -3.79. The number of carbonyl (C=O) groups is 2. The lowest BCUT2D eigenvalue weighted by Crippen LogP contribution is -2.43. The zero-order valence-electron chi connectivity index (χ0n) is 20.3. The third kappa shape index (κ3) is 4.96. The van der Waals surface area contributed by atoms with Gasteiger partial charge in [-0.3, -0.25) is 9.47 Å². The summed E-state index contributed by atoms with van der Waals surface area (Å²) in [4.78, 5) is 24.4. The van der Waals surface area contributed by atoms with Gasteiger partial charge in [-0.1, -0.05) is 90.4 Å². The van der Waals surface area contributed by atoms with Crippen LogP contribution < -0.4 is 0 Å². The first-order valence-electron chi connectivity index (χ1n) is 13.5. The van der Waals surface area contributed by atoms with Gasteiger partial charge >= 0.3 is 17.9 Å². The van der Waals surface area contributed by atoms with Crippen molar-refractivity contribution in [2.45, 2.75) is 152 Å². The molecule has 3 saturated heterocycles. The van der Waals surface area contributed by atoms with Crippen molar-refractivity contribution in [2.24, 2.45) is 0 Å². The van der Waals surface area contributed by atoms with Gasteiger partial charge in [0.25, 0.3) is 5.79 Å². The highest BCUT2D eigenvalue weighted by molar-refractivity contribution is 5.97. The molecule has 7 heteroatoms. The lowest BCUT2D eigenvalue weighted by molar-refractivity contribution is -0.219. The number of hydrogen-bond donors (Lipinski definition) is 1. The van der Waals surface area contributed by atoms with Gasteiger partial charge in [0.1, 0.15) is 0 Å². The van der Waals surface area contributed by atoms with E-state index in [1.807, 2.05) is 0 Å². The average molecular weight is 467 g/mol. The van der Waals surface area contributed by atoms with Gasteiger partial charge in [-0.25, -0.2) is 9.59 Å². The molecule has 4 fully saturated rings. The number of rotatable bonds is 18. The lowest BCUT2D eigenvalue weighted by Gasteiger charge is -2.20. The summed E-state index contributed by atoms with van der Waals surface area (Å²) in [5.41, 5.74) is -2.77. The molecule has 0 spiro atoms. The van der Waals surface area contributed by atoms with Crippen LogP contribution in [0.2, 0.25) is 0 Å². The third-order valence-corrected chi connectivity index (χ3v) is 8.01. The molecule has 0 bridgehead atoms.